The average Bonchev–Trinajstić information content (AvgIpc) is 3.17. The van der Waals surface area contributed by atoms with Gasteiger partial charge in [-0.05, 0) is 61.2 Å². The third kappa shape index (κ3) is 4.78. The highest BCUT2D eigenvalue weighted by Crippen LogP contribution is 2.39. The van der Waals surface area contributed by atoms with Crippen molar-refractivity contribution < 1.29 is 14.3 Å². The number of nitrogens with zero attached hydrogens (tertiary/aromatic N) is 2. The third-order valence-electron chi connectivity index (χ3n) is 6.56. The molecule has 1 atom stereocenters. The summed E-state index contributed by atoms with van der Waals surface area (Å²) in [6.07, 6.45) is 3.96. The Balaban J connectivity index is 1.36. The van der Waals surface area contributed by atoms with Gasteiger partial charge in [-0.3, -0.25) is 9.69 Å². The minimum atomic E-state index is 0.227. The number of amides is 1. The molecule has 0 N–H and O–H groups in total. The second kappa shape index (κ2) is 9.09. The summed E-state index contributed by atoms with van der Waals surface area (Å²) in [7, 11) is 3.37. The molecule has 0 aromatic heterocycles. The Morgan fingerprint density at radius 1 is 0.933 bits per heavy atom. The number of ether oxygens (including phenoxy) is 2. The van der Waals surface area contributed by atoms with Crippen molar-refractivity contribution in [1.29, 1.82) is 0 Å². The highest BCUT2D eigenvalue weighted by molar-refractivity contribution is 5.79. The van der Waals surface area contributed by atoms with Gasteiger partial charge in [-0.2, -0.15) is 0 Å². The highest BCUT2D eigenvalue weighted by Gasteiger charge is 2.42. The van der Waals surface area contributed by atoms with E-state index < -0.39 is 0 Å². The van der Waals surface area contributed by atoms with Crippen molar-refractivity contribution in [1.82, 2.24) is 9.80 Å². The van der Waals surface area contributed by atoms with Gasteiger partial charge in [0.1, 0.15) is 11.5 Å². The van der Waals surface area contributed by atoms with Crippen LogP contribution in [0.2, 0.25) is 0 Å². The molecule has 160 valence electrons. The van der Waals surface area contributed by atoms with Crippen molar-refractivity contribution in [2.45, 2.75) is 32.2 Å². The van der Waals surface area contributed by atoms with Gasteiger partial charge < -0.3 is 14.4 Å². The summed E-state index contributed by atoms with van der Waals surface area (Å²) < 4.78 is 10.7. The van der Waals surface area contributed by atoms with Crippen LogP contribution in [0.3, 0.4) is 0 Å². The van der Waals surface area contributed by atoms with E-state index in [1.165, 1.54) is 18.4 Å². The molecular weight excluding hydrogens is 376 g/mol. The summed E-state index contributed by atoms with van der Waals surface area (Å²) in [5.74, 6) is 1.94. The molecule has 2 aliphatic heterocycles. The fourth-order valence-electron chi connectivity index (χ4n) is 5.02. The maximum Gasteiger partial charge on any atom is 0.227 e. The zero-order valence-electron chi connectivity index (χ0n) is 18.1. The van der Waals surface area contributed by atoms with E-state index in [1.807, 2.05) is 30.3 Å². The van der Waals surface area contributed by atoms with Crippen LogP contribution in [-0.2, 0) is 17.8 Å². The number of carbonyl (C=O) groups excluding carboxylic acids is 1. The number of likely N-dealkylation sites (tertiary alicyclic amines) is 2. The highest BCUT2D eigenvalue weighted by atomic mass is 16.5. The number of hydrogen-bond donors (Lipinski definition) is 0. The molecule has 5 nitrogen and oxygen atoms in total. The van der Waals surface area contributed by atoms with Gasteiger partial charge in [-0.25, -0.2) is 0 Å². The Kier molecular flexibility index (Phi) is 6.28. The lowest BCUT2D eigenvalue weighted by molar-refractivity contribution is -0.130. The topological polar surface area (TPSA) is 42.0 Å². The Labute approximate surface area is 179 Å². The maximum absolute atomic E-state index is 12.9. The van der Waals surface area contributed by atoms with E-state index >= 15 is 0 Å². The fraction of sp³-hybridized carbons (Fsp3) is 0.480. The molecule has 2 aromatic rings. The van der Waals surface area contributed by atoms with Gasteiger partial charge >= 0.3 is 0 Å². The van der Waals surface area contributed by atoms with Gasteiger partial charge in [0.05, 0.1) is 20.6 Å². The van der Waals surface area contributed by atoms with Crippen LogP contribution >= 0.6 is 0 Å². The van der Waals surface area contributed by atoms with Gasteiger partial charge in [-0.1, -0.05) is 24.3 Å². The fourth-order valence-corrected chi connectivity index (χ4v) is 5.02. The molecule has 1 spiro atoms. The third-order valence-corrected chi connectivity index (χ3v) is 6.56. The SMILES string of the molecule is COc1cccc(CC(=O)N2CC[C@]3(CCCN(Cc4cccc(OC)c4)C3)C2)c1. The molecule has 0 aliphatic carbocycles. The Hall–Kier alpha value is -2.53. The lowest BCUT2D eigenvalue weighted by Gasteiger charge is -2.40. The first kappa shape index (κ1) is 20.7. The molecule has 30 heavy (non-hydrogen) atoms. The number of rotatable bonds is 6. The van der Waals surface area contributed by atoms with Crippen molar-refractivity contribution >= 4 is 5.91 Å². The largest absolute Gasteiger partial charge is 0.497 e. The quantitative estimate of drug-likeness (QED) is 0.730. The summed E-state index contributed by atoms with van der Waals surface area (Å²) in [6.45, 7) is 4.88. The predicted octanol–water partition coefficient (Wildman–Crippen LogP) is 3.76. The summed E-state index contributed by atoms with van der Waals surface area (Å²) in [5.41, 5.74) is 2.54. The molecule has 4 rings (SSSR count). The summed E-state index contributed by atoms with van der Waals surface area (Å²) in [5, 5.41) is 0. The second-order valence-corrected chi connectivity index (χ2v) is 8.76. The van der Waals surface area contributed by atoms with Crippen LogP contribution < -0.4 is 9.47 Å². The molecule has 2 aromatic carbocycles. The summed E-state index contributed by atoms with van der Waals surface area (Å²) >= 11 is 0. The van der Waals surface area contributed by atoms with E-state index in [0.717, 1.165) is 56.2 Å². The predicted molar refractivity (Wildman–Crippen MR) is 118 cm³/mol. The van der Waals surface area contributed by atoms with Crippen LogP contribution in [0.5, 0.6) is 11.5 Å². The first-order chi connectivity index (χ1) is 14.6. The molecular formula is C25H32N2O3. The van der Waals surface area contributed by atoms with Crippen molar-refractivity contribution in [3.05, 3.63) is 59.7 Å². The molecule has 0 radical (unpaired) electrons. The van der Waals surface area contributed by atoms with E-state index in [2.05, 4.69) is 28.0 Å². The number of methoxy groups -OCH3 is 2. The zero-order chi connectivity index (χ0) is 21.0. The van der Waals surface area contributed by atoms with Gasteiger partial charge in [0.2, 0.25) is 5.91 Å². The van der Waals surface area contributed by atoms with Crippen LogP contribution in [0.25, 0.3) is 0 Å². The van der Waals surface area contributed by atoms with Crippen LogP contribution in [-0.4, -0.2) is 56.1 Å². The zero-order valence-corrected chi connectivity index (χ0v) is 18.1. The van der Waals surface area contributed by atoms with E-state index in [-0.39, 0.29) is 11.3 Å². The average molecular weight is 409 g/mol. The van der Waals surface area contributed by atoms with E-state index in [9.17, 15) is 4.79 Å². The van der Waals surface area contributed by atoms with Gasteiger partial charge in [0.15, 0.2) is 0 Å². The maximum atomic E-state index is 12.9. The molecule has 5 heteroatoms. The van der Waals surface area contributed by atoms with Crippen molar-refractivity contribution in [2.24, 2.45) is 5.41 Å². The smallest absolute Gasteiger partial charge is 0.227 e. The molecule has 2 heterocycles. The van der Waals surface area contributed by atoms with Crippen LogP contribution in [0.4, 0.5) is 0 Å². The molecule has 0 saturated carbocycles. The van der Waals surface area contributed by atoms with Gasteiger partial charge in [-0.15, -0.1) is 0 Å². The Bertz CT molecular complexity index is 884. The summed E-state index contributed by atoms with van der Waals surface area (Å²) in [4.78, 5) is 17.6. The van der Waals surface area contributed by atoms with Crippen molar-refractivity contribution in [3.63, 3.8) is 0 Å². The molecule has 0 bridgehead atoms. The molecule has 0 unspecified atom stereocenters. The van der Waals surface area contributed by atoms with Gasteiger partial charge in [0, 0.05) is 31.6 Å². The van der Waals surface area contributed by atoms with Crippen LogP contribution in [0, 0.1) is 5.41 Å². The van der Waals surface area contributed by atoms with E-state index in [4.69, 9.17) is 9.47 Å². The van der Waals surface area contributed by atoms with E-state index in [1.54, 1.807) is 14.2 Å². The van der Waals surface area contributed by atoms with Crippen LogP contribution in [0.1, 0.15) is 30.4 Å². The normalized spacial score (nSPS) is 21.7. The molecule has 2 aliphatic rings. The summed E-state index contributed by atoms with van der Waals surface area (Å²) in [6, 6.07) is 16.2. The first-order valence-corrected chi connectivity index (χ1v) is 10.9. The molecule has 2 saturated heterocycles. The van der Waals surface area contributed by atoms with Crippen LogP contribution in [0.15, 0.2) is 48.5 Å². The number of piperidine rings is 1. The Morgan fingerprint density at radius 2 is 1.63 bits per heavy atom. The number of benzene rings is 2. The first-order valence-electron chi connectivity index (χ1n) is 10.9. The molecule has 2 fully saturated rings. The lowest BCUT2D eigenvalue weighted by Crippen LogP contribution is -2.45. The number of carbonyl (C=O) groups is 1. The monoisotopic (exact) mass is 408 g/mol. The van der Waals surface area contributed by atoms with Crippen molar-refractivity contribution in [2.75, 3.05) is 40.4 Å². The van der Waals surface area contributed by atoms with Gasteiger partial charge in [0.25, 0.3) is 0 Å². The minimum absolute atomic E-state index is 0.227. The Morgan fingerprint density at radius 3 is 2.37 bits per heavy atom. The molecule has 1 amide bonds. The van der Waals surface area contributed by atoms with E-state index in [0.29, 0.717) is 6.42 Å². The number of hydrogen-bond acceptors (Lipinski definition) is 4. The standard InChI is InChI=1S/C25H32N2O3/c1-29-22-8-3-6-20(14-22)16-24(28)27-13-11-25(19-27)10-5-12-26(18-25)17-21-7-4-9-23(15-21)30-2/h3-4,6-9,14-15H,5,10-13,16-19H2,1-2H3/t25-/m0/s1. The second-order valence-electron chi connectivity index (χ2n) is 8.76. The van der Waals surface area contributed by atoms with Crippen molar-refractivity contribution in [3.8, 4) is 11.5 Å². The lowest BCUT2D eigenvalue weighted by atomic mass is 9.79. The minimum Gasteiger partial charge on any atom is -0.497 e.